The summed E-state index contributed by atoms with van der Waals surface area (Å²) in [6, 6.07) is 17.1. The Morgan fingerprint density at radius 2 is 1.47 bits per heavy atom. The van der Waals surface area contributed by atoms with E-state index in [0.717, 1.165) is 5.71 Å². The number of alkyl halides is 2. The van der Waals surface area contributed by atoms with Crippen LogP contribution < -0.4 is 0 Å². The molecule has 1 aliphatic rings. The molecule has 1 atom stereocenters. The molecule has 0 radical (unpaired) electrons. The number of benzene rings is 2. The van der Waals surface area contributed by atoms with Crippen molar-refractivity contribution in [2.24, 2.45) is 4.99 Å². The summed E-state index contributed by atoms with van der Waals surface area (Å²) in [5, 5.41) is 0. The van der Waals surface area contributed by atoms with Gasteiger partial charge in [0.25, 0.3) is 0 Å². The Morgan fingerprint density at radius 1 is 0.895 bits per heavy atom. The second kappa shape index (κ2) is 5.22. The van der Waals surface area contributed by atoms with Crippen LogP contribution in [0, 0.1) is 0 Å². The van der Waals surface area contributed by atoms with E-state index >= 15 is 0 Å². The standard InChI is InChI=1S/C16H13Br2N/c1-10-11-6-2-3-7-12(11)13-8-4-5-9-14(13)15(19-10)16(17)18/h2-10,16H,1H3. The number of nitrogens with zero attached hydrogens (tertiary/aromatic N) is 1. The molecule has 1 heterocycles. The molecule has 2 aromatic carbocycles. The third-order valence-corrected chi connectivity index (χ3v) is 4.31. The van der Waals surface area contributed by atoms with E-state index < -0.39 is 0 Å². The molecule has 0 aliphatic carbocycles. The van der Waals surface area contributed by atoms with Gasteiger partial charge in [-0.2, -0.15) is 0 Å². The number of hydrogen-bond acceptors (Lipinski definition) is 1. The van der Waals surface area contributed by atoms with Crippen molar-refractivity contribution in [1.29, 1.82) is 0 Å². The van der Waals surface area contributed by atoms with Crippen LogP contribution in [-0.2, 0) is 0 Å². The molecule has 0 aromatic heterocycles. The van der Waals surface area contributed by atoms with Crippen LogP contribution in [0.5, 0.6) is 0 Å². The van der Waals surface area contributed by atoms with E-state index in [9.17, 15) is 0 Å². The fraction of sp³-hybridized carbons (Fsp3) is 0.188. The predicted octanol–water partition coefficient (Wildman–Crippen LogP) is 5.33. The number of fused-ring (bicyclic) bond motifs is 3. The number of rotatable bonds is 1. The number of aliphatic imine (C=N–C) groups is 1. The molecule has 3 heteroatoms. The van der Waals surface area contributed by atoms with Crippen LogP contribution in [0.3, 0.4) is 0 Å². The van der Waals surface area contributed by atoms with Crippen molar-refractivity contribution in [2.45, 2.75) is 16.7 Å². The summed E-state index contributed by atoms with van der Waals surface area (Å²) in [5.74, 6) is 0. The highest BCUT2D eigenvalue weighted by Crippen LogP contribution is 2.37. The smallest absolute Gasteiger partial charge is 0.112 e. The molecule has 0 bridgehead atoms. The van der Waals surface area contributed by atoms with Crippen LogP contribution in [0.25, 0.3) is 11.1 Å². The van der Waals surface area contributed by atoms with E-state index in [2.05, 4.69) is 87.3 Å². The normalized spacial score (nSPS) is 17.5. The molecule has 0 N–H and O–H groups in total. The van der Waals surface area contributed by atoms with Gasteiger partial charge < -0.3 is 0 Å². The fourth-order valence-electron chi connectivity index (χ4n) is 2.57. The van der Waals surface area contributed by atoms with Crippen LogP contribution in [0.2, 0.25) is 0 Å². The van der Waals surface area contributed by atoms with Crippen molar-refractivity contribution in [3.05, 3.63) is 59.7 Å². The second-order valence-corrected chi connectivity index (χ2v) is 7.68. The van der Waals surface area contributed by atoms with E-state index in [1.807, 2.05) is 0 Å². The van der Waals surface area contributed by atoms with Crippen molar-refractivity contribution in [1.82, 2.24) is 0 Å². The lowest BCUT2D eigenvalue weighted by Crippen LogP contribution is -2.10. The first-order chi connectivity index (χ1) is 9.18. The van der Waals surface area contributed by atoms with Gasteiger partial charge in [-0.05, 0) is 23.6 Å². The predicted molar refractivity (Wildman–Crippen MR) is 88.5 cm³/mol. The Hall–Kier alpha value is -0.930. The Labute approximate surface area is 130 Å². The fourth-order valence-corrected chi connectivity index (χ4v) is 3.30. The van der Waals surface area contributed by atoms with Gasteiger partial charge in [0.2, 0.25) is 0 Å². The van der Waals surface area contributed by atoms with E-state index in [-0.39, 0.29) is 9.78 Å². The van der Waals surface area contributed by atoms with E-state index in [1.54, 1.807) is 0 Å². The Kier molecular flexibility index (Phi) is 3.59. The zero-order chi connectivity index (χ0) is 13.4. The van der Waals surface area contributed by atoms with Crippen LogP contribution >= 0.6 is 31.9 Å². The third-order valence-electron chi connectivity index (χ3n) is 3.44. The van der Waals surface area contributed by atoms with Gasteiger partial charge in [-0.15, -0.1) is 0 Å². The largest absolute Gasteiger partial charge is 0.279 e. The highest BCUT2D eigenvalue weighted by molar-refractivity contribution is 9.25. The van der Waals surface area contributed by atoms with Gasteiger partial charge in [0.05, 0.1) is 11.8 Å². The van der Waals surface area contributed by atoms with Gasteiger partial charge in [0.1, 0.15) is 3.74 Å². The van der Waals surface area contributed by atoms with Crippen molar-refractivity contribution < 1.29 is 0 Å². The number of halogens is 2. The van der Waals surface area contributed by atoms with Crippen LogP contribution in [0.15, 0.2) is 53.5 Å². The van der Waals surface area contributed by atoms with Crippen LogP contribution in [0.4, 0.5) is 0 Å². The second-order valence-electron chi connectivity index (χ2n) is 4.62. The molecule has 3 rings (SSSR count). The zero-order valence-corrected chi connectivity index (χ0v) is 13.6. The lowest BCUT2D eigenvalue weighted by Gasteiger charge is -2.11. The summed E-state index contributed by atoms with van der Waals surface area (Å²) in [7, 11) is 0. The quantitative estimate of drug-likeness (QED) is 0.594. The molecule has 96 valence electrons. The molecule has 0 saturated carbocycles. The van der Waals surface area contributed by atoms with E-state index in [1.165, 1.54) is 22.3 Å². The summed E-state index contributed by atoms with van der Waals surface area (Å²) in [4.78, 5) is 4.88. The maximum atomic E-state index is 4.88. The summed E-state index contributed by atoms with van der Waals surface area (Å²) in [6.07, 6.45) is 0. The summed E-state index contributed by atoms with van der Waals surface area (Å²) < 4.78 is 0.0675. The topological polar surface area (TPSA) is 12.4 Å². The molecule has 0 fully saturated rings. The molecular formula is C16H13Br2N. The monoisotopic (exact) mass is 377 g/mol. The minimum atomic E-state index is 0.0675. The Bertz CT molecular complexity index is 647. The molecule has 2 aromatic rings. The molecule has 0 spiro atoms. The first-order valence-corrected chi connectivity index (χ1v) is 8.06. The molecule has 1 aliphatic heterocycles. The molecule has 1 unspecified atom stereocenters. The minimum absolute atomic E-state index is 0.0675. The highest BCUT2D eigenvalue weighted by atomic mass is 79.9. The first-order valence-electron chi connectivity index (χ1n) is 6.23. The maximum absolute atomic E-state index is 4.88. The third kappa shape index (κ3) is 2.30. The van der Waals surface area contributed by atoms with Gasteiger partial charge in [-0.3, -0.25) is 4.99 Å². The van der Waals surface area contributed by atoms with Crippen molar-refractivity contribution in [2.75, 3.05) is 0 Å². The van der Waals surface area contributed by atoms with Crippen molar-refractivity contribution in [3.63, 3.8) is 0 Å². The SMILES string of the molecule is CC1N=C(C(Br)Br)c2ccccc2-c2ccccc21. The zero-order valence-electron chi connectivity index (χ0n) is 10.5. The summed E-state index contributed by atoms with van der Waals surface area (Å²) >= 11 is 7.20. The van der Waals surface area contributed by atoms with Crippen LogP contribution in [-0.4, -0.2) is 9.45 Å². The maximum Gasteiger partial charge on any atom is 0.112 e. The summed E-state index contributed by atoms with van der Waals surface area (Å²) in [5.41, 5.74) is 6.07. The molecule has 19 heavy (non-hydrogen) atoms. The Morgan fingerprint density at radius 3 is 2.16 bits per heavy atom. The van der Waals surface area contributed by atoms with Gasteiger partial charge in [0, 0.05) is 5.56 Å². The molecule has 0 amide bonds. The van der Waals surface area contributed by atoms with Gasteiger partial charge in [0.15, 0.2) is 0 Å². The molecule has 1 nitrogen and oxygen atoms in total. The molecular weight excluding hydrogens is 366 g/mol. The molecule has 0 saturated heterocycles. The number of hydrogen-bond donors (Lipinski definition) is 0. The van der Waals surface area contributed by atoms with Crippen molar-refractivity contribution >= 4 is 37.6 Å². The lowest BCUT2D eigenvalue weighted by molar-refractivity contribution is 0.825. The van der Waals surface area contributed by atoms with E-state index in [0.29, 0.717) is 0 Å². The highest BCUT2D eigenvalue weighted by Gasteiger charge is 2.23. The Balaban J connectivity index is 2.34. The average Bonchev–Trinajstić information content (AvgIpc) is 2.56. The van der Waals surface area contributed by atoms with Crippen LogP contribution in [0.1, 0.15) is 24.1 Å². The summed E-state index contributed by atoms with van der Waals surface area (Å²) in [6.45, 7) is 2.15. The van der Waals surface area contributed by atoms with Gasteiger partial charge >= 0.3 is 0 Å². The average molecular weight is 379 g/mol. The lowest BCUT2D eigenvalue weighted by atomic mass is 9.93. The van der Waals surface area contributed by atoms with Gasteiger partial charge in [-0.25, -0.2) is 0 Å². The van der Waals surface area contributed by atoms with Gasteiger partial charge in [-0.1, -0.05) is 80.4 Å². The van der Waals surface area contributed by atoms with Crippen molar-refractivity contribution in [3.8, 4) is 11.1 Å². The minimum Gasteiger partial charge on any atom is -0.279 e. The first kappa shape index (κ1) is 13.1. The van der Waals surface area contributed by atoms with E-state index in [4.69, 9.17) is 4.99 Å².